The molecule has 9 heteroatoms. The molecule has 1 aliphatic heterocycles. The monoisotopic (exact) mass is 499 g/mol. The second kappa shape index (κ2) is 9.05. The van der Waals surface area contributed by atoms with Gasteiger partial charge in [-0.2, -0.15) is 0 Å². The van der Waals surface area contributed by atoms with Gasteiger partial charge in [-0.25, -0.2) is 17.6 Å². The van der Waals surface area contributed by atoms with Gasteiger partial charge < -0.3 is 15.1 Å². The number of thiocarbonyl (C=S) groups is 1. The molecule has 0 unspecified atom stereocenters. The number of halogens is 4. The quantitative estimate of drug-likeness (QED) is 0.264. The van der Waals surface area contributed by atoms with Crippen LogP contribution in [0, 0.1) is 11.6 Å². The van der Waals surface area contributed by atoms with Crippen LogP contribution in [0.15, 0.2) is 59.1 Å². The summed E-state index contributed by atoms with van der Waals surface area (Å²) in [5, 5.41) is 0.706. The molecule has 0 spiro atoms. The van der Waals surface area contributed by atoms with E-state index in [0.29, 0.717) is 44.1 Å². The number of alkyl halides is 2. The number of rotatable bonds is 4. The standard InChI is InChI=1S/C26H21F4N3OS/c27-18-2-3-20(22(28)12-18)21-11-16(9-17-10-19(13-31)34-24(17)21)23-4-1-15(14-32-23)25(35)33-7-5-26(29,30)6-8-33/h1-4,9-12,14H,5-8,13,31H2. The maximum Gasteiger partial charge on any atom is 0.251 e. The summed E-state index contributed by atoms with van der Waals surface area (Å²) >= 11 is 5.51. The van der Waals surface area contributed by atoms with Gasteiger partial charge in [-0.1, -0.05) is 12.2 Å². The first-order chi connectivity index (χ1) is 16.7. The van der Waals surface area contributed by atoms with E-state index >= 15 is 0 Å². The number of hydrogen-bond donors (Lipinski definition) is 1. The van der Waals surface area contributed by atoms with E-state index in [9.17, 15) is 17.6 Å². The van der Waals surface area contributed by atoms with Crippen LogP contribution < -0.4 is 5.73 Å². The van der Waals surface area contributed by atoms with Crippen LogP contribution >= 0.6 is 12.2 Å². The molecule has 1 saturated heterocycles. The molecule has 1 fully saturated rings. The van der Waals surface area contributed by atoms with E-state index in [1.165, 1.54) is 12.1 Å². The second-order valence-corrected chi connectivity index (χ2v) is 8.95. The first-order valence-corrected chi connectivity index (χ1v) is 11.5. The van der Waals surface area contributed by atoms with Crippen LogP contribution in [0.2, 0.25) is 0 Å². The highest BCUT2D eigenvalue weighted by molar-refractivity contribution is 7.80. The number of furan rings is 1. The Balaban J connectivity index is 1.50. The van der Waals surface area contributed by atoms with Crippen molar-refractivity contribution >= 4 is 28.2 Å². The Labute approximate surface area is 204 Å². The topological polar surface area (TPSA) is 55.3 Å². The van der Waals surface area contributed by atoms with E-state index in [0.717, 1.165) is 6.07 Å². The Morgan fingerprint density at radius 1 is 1.03 bits per heavy atom. The van der Waals surface area contributed by atoms with Gasteiger partial charge in [-0.3, -0.25) is 4.98 Å². The van der Waals surface area contributed by atoms with Crippen LogP contribution in [0.3, 0.4) is 0 Å². The molecule has 0 amide bonds. The van der Waals surface area contributed by atoms with Crippen molar-refractivity contribution in [3.8, 4) is 22.4 Å². The molecule has 0 aliphatic carbocycles. The Hall–Kier alpha value is -3.30. The highest BCUT2D eigenvalue weighted by atomic mass is 32.1. The molecule has 0 radical (unpaired) electrons. The zero-order valence-corrected chi connectivity index (χ0v) is 19.3. The van der Waals surface area contributed by atoms with Crippen molar-refractivity contribution in [3.05, 3.63) is 77.7 Å². The first kappa shape index (κ1) is 23.4. The molecule has 0 saturated carbocycles. The highest BCUT2D eigenvalue weighted by Gasteiger charge is 2.34. The molecule has 35 heavy (non-hydrogen) atoms. The molecule has 4 nitrogen and oxygen atoms in total. The number of aromatic nitrogens is 1. The van der Waals surface area contributed by atoms with Crippen molar-refractivity contribution in [2.75, 3.05) is 13.1 Å². The number of nitrogens with zero attached hydrogens (tertiary/aromatic N) is 2. The zero-order chi connectivity index (χ0) is 24.7. The van der Waals surface area contributed by atoms with E-state index < -0.39 is 17.6 Å². The van der Waals surface area contributed by atoms with Gasteiger partial charge in [0, 0.05) is 65.8 Å². The van der Waals surface area contributed by atoms with Gasteiger partial charge in [0.1, 0.15) is 28.0 Å². The summed E-state index contributed by atoms with van der Waals surface area (Å²) in [7, 11) is 0. The Kier molecular flexibility index (Phi) is 6.06. The normalized spacial score (nSPS) is 15.5. The number of fused-ring (bicyclic) bond motifs is 1. The minimum absolute atomic E-state index is 0.169. The van der Waals surface area contributed by atoms with E-state index in [4.69, 9.17) is 22.4 Å². The van der Waals surface area contributed by atoms with Crippen molar-refractivity contribution < 1.29 is 22.0 Å². The van der Waals surface area contributed by atoms with Gasteiger partial charge in [-0.15, -0.1) is 0 Å². The molecule has 180 valence electrons. The van der Waals surface area contributed by atoms with Crippen LogP contribution in [-0.2, 0) is 6.54 Å². The number of hydrogen-bond acceptors (Lipinski definition) is 4. The lowest BCUT2D eigenvalue weighted by Gasteiger charge is -2.33. The predicted molar refractivity (Wildman–Crippen MR) is 130 cm³/mol. The summed E-state index contributed by atoms with van der Waals surface area (Å²) in [5.74, 6) is -3.51. The van der Waals surface area contributed by atoms with Crippen LogP contribution in [0.1, 0.15) is 24.2 Å². The largest absolute Gasteiger partial charge is 0.459 e. The molecule has 0 atom stereocenters. The average Bonchev–Trinajstić information content (AvgIpc) is 3.27. The number of piperidine rings is 1. The van der Waals surface area contributed by atoms with E-state index in [1.807, 2.05) is 6.07 Å². The van der Waals surface area contributed by atoms with Crippen LogP contribution in [0.5, 0.6) is 0 Å². The SMILES string of the molecule is NCc1cc2cc(-c3ccc(C(=S)N4CCC(F)(F)CC4)cn3)cc(-c3ccc(F)cc3F)c2o1. The molecule has 2 aromatic heterocycles. The lowest BCUT2D eigenvalue weighted by atomic mass is 9.98. The van der Waals surface area contributed by atoms with E-state index in [2.05, 4.69) is 4.98 Å². The van der Waals surface area contributed by atoms with Crippen molar-refractivity contribution in [3.63, 3.8) is 0 Å². The van der Waals surface area contributed by atoms with Crippen molar-refractivity contribution in [2.24, 2.45) is 5.73 Å². The summed E-state index contributed by atoms with van der Waals surface area (Å²) in [6, 6.07) is 12.3. The summed E-state index contributed by atoms with van der Waals surface area (Å²) < 4.78 is 61.0. The molecular weight excluding hydrogens is 478 g/mol. The molecule has 3 heterocycles. The summed E-state index contributed by atoms with van der Waals surface area (Å²) in [6.07, 6.45) is 1.15. The molecule has 0 bridgehead atoms. The van der Waals surface area contributed by atoms with Gasteiger partial charge in [0.05, 0.1) is 12.2 Å². The number of nitrogens with two attached hydrogens (primary N) is 1. The minimum Gasteiger partial charge on any atom is -0.459 e. The van der Waals surface area contributed by atoms with Crippen molar-refractivity contribution in [2.45, 2.75) is 25.3 Å². The van der Waals surface area contributed by atoms with Gasteiger partial charge >= 0.3 is 0 Å². The second-order valence-electron chi connectivity index (χ2n) is 8.56. The van der Waals surface area contributed by atoms with Gasteiger partial charge in [0.15, 0.2) is 0 Å². The molecule has 1 aliphatic rings. The summed E-state index contributed by atoms with van der Waals surface area (Å²) in [4.78, 5) is 6.77. The zero-order valence-electron chi connectivity index (χ0n) is 18.5. The van der Waals surface area contributed by atoms with E-state index in [1.54, 1.807) is 35.4 Å². The third kappa shape index (κ3) is 4.66. The fourth-order valence-corrected chi connectivity index (χ4v) is 4.58. The number of benzene rings is 2. The van der Waals surface area contributed by atoms with Crippen molar-refractivity contribution in [1.29, 1.82) is 0 Å². The van der Waals surface area contributed by atoms with Gasteiger partial charge in [0.2, 0.25) is 0 Å². The average molecular weight is 500 g/mol. The third-order valence-corrected chi connectivity index (χ3v) is 6.67. The van der Waals surface area contributed by atoms with Gasteiger partial charge in [0.25, 0.3) is 5.92 Å². The first-order valence-electron chi connectivity index (χ1n) is 11.1. The van der Waals surface area contributed by atoms with Crippen molar-refractivity contribution in [1.82, 2.24) is 9.88 Å². The lowest BCUT2D eigenvalue weighted by molar-refractivity contribution is -0.0430. The summed E-state index contributed by atoms with van der Waals surface area (Å²) in [6.45, 7) is 0.559. The number of likely N-dealkylation sites (tertiary alicyclic amines) is 1. The highest BCUT2D eigenvalue weighted by Crippen LogP contribution is 2.37. The van der Waals surface area contributed by atoms with Crippen LogP contribution in [0.4, 0.5) is 17.6 Å². The lowest BCUT2D eigenvalue weighted by Crippen LogP contribution is -2.42. The maximum atomic E-state index is 14.7. The van der Waals surface area contributed by atoms with Gasteiger partial charge in [-0.05, 0) is 42.5 Å². The molecule has 5 rings (SSSR count). The van der Waals surface area contributed by atoms with Crippen LogP contribution in [0.25, 0.3) is 33.4 Å². The maximum absolute atomic E-state index is 14.7. The summed E-state index contributed by atoms with van der Waals surface area (Å²) in [5.41, 5.74) is 8.77. The molecular formula is C26H21F4N3OS. The smallest absolute Gasteiger partial charge is 0.251 e. The minimum atomic E-state index is -2.65. The Morgan fingerprint density at radius 3 is 2.46 bits per heavy atom. The Bertz CT molecular complexity index is 1410. The van der Waals surface area contributed by atoms with E-state index in [-0.39, 0.29) is 38.0 Å². The fraction of sp³-hybridized carbons (Fsp3) is 0.231. The van der Waals surface area contributed by atoms with Crippen LogP contribution in [-0.4, -0.2) is 33.9 Å². The fourth-order valence-electron chi connectivity index (χ4n) is 4.27. The predicted octanol–water partition coefficient (Wildman–Crippen LogP) is 6.31. The number of pyridine rings is 1. The third-order valence-electron chi connectivity index (χ3n) is 6.18. The molecule has 2 N–H and O–H groups in total. The molecule has 2 aromatic carbocycles. The Morgan fingerprint density at radius 2 is 1.80 bits per heavy atom. The molecule has 4 aromatic rings.